The Bertz CT molecular complexity index is 87.4. The maximum Gasteiger partial charge on any atom is -0.0623 e. The first-order chi connectivity index (χ1) is 4.41. The van der Waals surface area contributed by atoms with Gasteiger partial charge in [0, 0.05) is 0 Å². The molecule has 0 fully saturated rings. The van der Waals surface area contributed by atoms with Gasteiger partial charge in [0.1, 0.15) is 0 Å². The quantitative estimate of drug-likeness (QED) is 0.542. The summed E-state index contributed by atoms with van der Waals surface area (Å²) in [5.41, 5.74) is 4.50. The van der Waals surface area contributed by atoms with Crippen molar-refractivity contribution in [2.45, 2.75) is 11.4 Å². The van der Waals surface area contributed by atoms with E-state index in [4.69, 9.17) is 0 Å². The predicted molar refractivity (Wildman–Crippen MR) is 45.3 cm³/mol. The summed E-state index contributed by atoms with van der Waals surface area (Å²) in [5, 5.41) is 0. The van der Waals surface area contributed by atoms with Gasteiger partial charge in [-0.15, -0.1) is 0 Å². The maximum absolute atomic E-state index is 2.25. The van der Waals surface area contributed by atoms with Crippen LogP contribution in [0.4, 0.5) is 0 Å². The van der Waals surface area contributed by atoms with Gasteiger partial charge < -0.3 is 0 Å². The maximum atomic E-state index is 2.25. The molecule has 0 amide bonds. The van der Waals surface area contributed by atoms with Gasteiger partial charge in [-0.3, -0.25) is 0 Å². The van der Waals surface area contributed by atoms with E-state index in [2.05, 4.69) is 11.4 Å². The normalized spacial score (nSPS) is 7.33. The van der Waals surface area contributed by atoms with E-state index in [1.807, 2.05) is 36.4 Å². The Kier molecular flexibility index (Phi) is 7.59. The van der Waals surface area contributed by atoms with Crippen LogP contribution in [0, 0.1) is 0 Å². The second-order valence-electron chi connectivity index (χ2n) is 1.65. The van der Waals surface area contributed by atoms with Crippen molar-refractivity contribution in [3.05, 3.63) is 36.4 Å². The molecule has 1 aromatic rings. The number of rotatable bonds is 0. The molecule has 0 nitrogen and oxygen atoms in total. The Morgan fingerprint density at radius 1 is 0.667 bits per heavy atom. The van der Waals surface area contributed by atoms with Crippen LogP contribution in [0.15, 0.2) is 36.4 Å². The van der Waals surface area contributed by atoms with Crippen LogP contribution in [0.5, 0.6) is 0 Å². The van der Waals surface area contributed by atoms with Crippen LogP contribution in [0.1, 0.15) is 0 Å². The first-order valence-corrected chi connectivity index (χ1v) is 7.20. The van der Waals surface area contributed by atoms with Crippen molar-refractivity contribution < 1.29 is 0 Å². The molecule has 0 spiro atoms. The van der Waals surface area contributed by atoms with E-state index in [1.165, 1.54) is 0 Å². The predicted octanol–water partition coefficient (Wildman–Crippen LogP) is 2.21. The summed E-state index contributed by atoms with van der Waals surface area (Å²) in [6, 6.07) is 12.0. The van der Waals surface area contributed by atoms with Crippen LogP contribution in [-0.2, 0) is 0 Å². The molecule has 9 heavy (non-hydrogen) atoms. The van der Waals surface area contributed by atoms with Gasteiger partial charge in [-0.2, -0.15) is 0 Å². The van der Waals surface area contributed by atoms with Crippen LogP contribution in [0.3, 0.4) is 0 Å². The molecule has 0 saturated carbocycles. The third-order valence-electron chi connectivity index (χ3n) is 0.667. The van der Waals surface area contributed by atoms with Gasteiger partial charge in [0.2, 0.25) is 0 Å². The first-order valence-electron chi connectivity index (χ1n) is 3.00. The smallest absolute Gasteiger partial charge is 0.0623 e. The van der Waals surface area contributed by atoms with Crippen molar-refractivity contribution in [3.63, 3.8) is 0 Å². The largest absolute Gasteiger partial charge is 0.0623 e. The van der Waals surface area contributed by atoms with Crippen LogP contribution < -0.4 is 0 Å². The second kappa shape index (κ2) is 7.78. The summed E-state index contributed by atoms with van der Waals surface area (Å²) >= 11 is 0.500. The summed E-state index contributed by atoms with van der Waals surface area (Å²) in [4.78, 5) is 0. The van der Waals surface area contributed by atoms with Crippen molar-refractivity contribution in [2.24, 2.45) is 0 Å². The minimum atomic E-state index is 0.500. The van der Waals surface area contributed by atoms with E-state index in [-0.39, 0.29) is 0 Å². The molecule has 0 radical (unpaired) electrons. The molecule has 0 aliphatic heterocycles. The van der Waals surface area contributed by atoms with Crippen molar-refractivity contribution in [1.29, 1.82) is 0 Å². The summed E-state index contributed by atoms with van der Waals surface area (Å²) < 4.78 is 0. The Morgan fingerprint density at radius 3 is 0.889 bits per heavy atom. The Hall–Kier alpha value is -0.222. The minimum Gasteiger partial charge on any atom is -0.0623 e. The molecular formula is C8H13As. The molecule has 50 valence electrons. The molecule has 1 rings (SSSR count). The zero-order chi connectivity index (χ0) is 6.95. The molecule has 0 saturated heterocycles. The van der Waals surface area contributed by atoms with Crippen molar-refractivity contribution in [2.75, 3.05) is 0 Å². The number of hydrogen-bond donors (Lipinski definition) is 0. The van der Waals surface area contributed by atoms with Gasteiger partial charge in [-0.25, -0.2) is 0 Å². The third-order valence-corrected chi connectivity index (χ3v) is 0.667. The molecular weight excluding hydrogens is 171 g/mol. The molecule has 0 N–H and O–H groups in total. The zero-order valence-corrected chi connectivity index (χ0v) is 8.06. The summed E-state index contributed by atoms with van der Waals surface area (Å²) in [7, 11) is 0. The second-order valence-corrected chi connectivity index (χ2v) is 3.75. The van der Waals surface area contributed by atoms with Crippen molar-refractivity contribution >= 4 is 15.8 Å². The van der Waals surface area contributed by atoms with Crippen LogP contribution in [-0.4, -0.2) is 15.8 Å². The fourth-order valence-corrected chi connectivity index (χ4v) is 0.385. The van der Waals surface area contributed by atoms with Crippen LogP contribution >= 0.6 is 0 Å². The number of benzene rings is 1. The Balaban J connectivity index is 0.000000187. The minimum absolute atomic E-state index is 0.500. The molecule has 0 bridgehead atoms. The van der Waals surface area contributed by atoms with Gasteiger partial charge in [-0.1, -0.05) is 36.4 Å². The Morgan fingerprint density at radius 2 is 0.778 bits per heavy atom. The molecule has 0 heterocycles. The number of hydrogen-bond acceptors (Lipinski definition) is 0. The molecule has 0 unspecified atom stereocenters. The van der Waals surface area contributed by atoms with E-state index in [0.717, 1.165) is 0 Å². The zero-order valence-electron chi connectivity index (χ0n) is 5.96. The summed E-state index contributed by atoms with van der Waals surface area (Å²) in [6.07, 6.45) is 0. The monoisotopic (exact) mass is 184 g/mol. The van der Waals surface area contributed by atoms with Crippen LogP contribution in [0.2, 0.25) is 11.4 Å². The fourth-order valence-electron chi connectivity index (χ4n) is 0.385. The molecule has 0 atom stereocenters. The molecule has 1 heteroatoms. The van der Waals surface area contributed by atoms with E-state index in [1.54, 1.807) is 0 Å². The topological polar surface area (TPSA) is 0 Å². The van der Waals surface area contributed by atoms with E-state index in [0.29, 0.717) is 15.8 Å². The third kappa shape index (κ3) is 7.78. The van der Waals surface area contributed by atoms with E-state index in [9.17, 15) is 0 Å². The SMILES string of the molecule is C[AsH]C.c1ccccc1. The summed E-state index contributed by atoms with van der Waals surface area (Å²) in [5.74, 6) is 0. The molecule has 1 aromatic carbocycles. The van der Waals surface area contributed by atoms with Crippen molar-refractivity contribution in [1.82, 2.24) is 0 Å². The van der Waals surface area contributed by atoms with Gasteiger partial charge in [0.25, 0.3) is 0 Å². The van der Waals surface area contributed by atoms with E-state index >= 15 is 0 Å². The van der Waals surface area contributed by atoms with Gasteiger partial charge in [0.05, 0.1) is 0 Å². The molecule has 0 aliphatic rings. The van der Waals surface area contributed by atoms with Gasteiger partial charge >= 0.3 is 27.2 Å². The van der Waals surface area contributed by atoms with Gasteiger partial charge in [-0.05, 0) is 0 Å². The summed E-state index contributed by atoms with van der Waals surface area (Å²) in [6.45, 7) is 0. The Labute approximate surface area is 64.0 Å². The standard InChI is InChI=1S/C6H6.C2H7As/c1-2-4-6-5-3-1;1-3-2/h1-6H;3H,1-2H3. The van der Waals surface area contributed by atoms with Crippen molar-refractivity contribution in [3.8, 4) is 0 Å². The molecule has 0 aromatic heterocycles. The fraction of sp³-hybridized carbons (Fsp3) is 0.250. The average Bonchev–Trinajstić information content (AvgIpc) is 1.93. The van der Waals surface area contributed by atoms with Crippen LogP contribution in [0.25, 0.3) is 0 Å². The first kappa shape index (κ1) is 8.78. The van der Waals surface area contributed by atoms with Gasteiger partial charge in [0.15, 0.2) is 0 Å². The molecule has 0 aliphatic carbocycles. The van der Waals surface area contributed by atoms with E-state index < -0.39 is 0 Å². The average molecular weight is 184 g/mol.